The highest BCUT2D eigenvalue weighted by Gasteiger charge is 2.36. The van der Waals surface area contributed by atoms with Gasteiger partial charge in [0.2, 0.25) is 0 Å². The fourth-order valence-corrected chi connectivity index (χ4v) is 3.56. The molecule has 0 amide bonds. The average Bonchev–Trinajstić information content (AvgIpc) is 2.66. The van der Waals surface area contributed by atoms with Gasteiger partial charge in [-0.3, -0.25) is 0 Å². The number of aliphatic hydroxyl groups excluding tert-OH is 1. The zero-order chi connectivity index (χ0) is 10.3. The molecular formula is C12H22N2O. The monoisotopic (exact) mass is 210 g/mol. The maximum atomic E-state index is 9.81. The first kappa shape index (κ1) is 10.1. The van der Waals surface area contributed by atoms with E-state index >= 15 is 0 Å². The van der Waals surface area contributed by atoms with E-state index in [-0.39, 0.29) is 6.10 Å². The summed E-state index contributed by atoms with van der Waals surface area (Å²) in [5.41, 5.74) is 0. The smallest absolute Gasteiger partial charge is 0.0693 e. The third-order valence-corrected chi connectivity index (χ3v) is 4.56. The molecule has 86 valence electrons. The minimum atomic E-state index is -0.0829. The Labute approximate surface area is 91.8 Å². The van der Waals surface area contributed by atoms with Gasteiger partial charge in [-0.1, -0.05) is 0 Å². The van der Waals surface area contributed by atoms with Crippen LogP contribution in [0.25, 0.3) is 0 Å². The van der Waals surface area contributed by atoms with Gasteiger partial charge in [-0.25, -0.2) is 0 Å². The molecule has 4 aliphatic rings. The van der Waals surface area contributed by atoms with Crippen LogP contribution in [0.5, 0.6) is 0 Å². The zero-order valence-corrected chi connectivity index (χ0v) is 9.36. The second kappa shape index (κ2) is 4.04. The Morgan fingerprint density at radius 1 is 1.00 bits per heavy atom. The molecule has 3 heteroatoms. The molecule has 3 atom stereocenters. The summed E-state index contributed by atoms with van der Waals surface area (Å²) in [4.78, 5) is 2.57. The molecule has 3 saturated heterocycles. The Balaban J connectivity index is 1.59. The molecule has 0 spiro atoms. The van der Waals surface area contributed by atoms with Gasteiger partial charge in [-0.05, 0) is 51.1 Å². The number of piperidine rings is 3. The molecule has 2 N–H and O–H groups in total. The Morgan fingerprint density at radius 3 is 2.33 bits per heavy atom. The Bertz CT molecular complexity index is 226. The molecule has 3 heterocycles. The molecule has 15 heavy (non-hydrogen) atoms. The van der Waals surface area contributed by atoms with Crippen LogP contribution in [0.15, 0.2) is 0 Å². The van der Waals surface area contributed by atoms with Crippen molar-refractivity contribution in [2.45, 2.75) is 50.3 Å². The lowest BCUT2D eigenvalue weighted by Gasteiger charge is -2.46. The van der Waals surface area contributed by atoms with Gasteiger partial charge in [0, 0.05) is 18.6 Å². The highest BCUT2D eigenvalue weighted by atomic mass is 16.3. The van der Waals surface area contributed by atoms with E-state index in [0.29, 0.717) is 12.1 Å². The first-order chi connectivity index (χ1) is 7.33. The van der Waals surface area contributed by atoms with Crippen LogP contribution in [0.2, 0.25) is 0 Å². The van der Waals surface area contributed by atoms with E-state index in [1.807, 2.05) is 0 Å². The lowest BCUT2D eigenvalue weighted by atomic mass is 9.83. The maximum absolute atomic E-state index is 9.81. The van der Waals surface area contributed by atoms with E-state index in [4.69, 9.17) is 0 Å². The maximum Gasteiger partial charge on any atom is 0.0693 e. The zero-order valence-electron chi connectivity index (χ0n) is 9.36. The van der Waals surface area contributed by atoms with Crippen molar-refractivity contribution < 1.29 is 5.11 Å². The fraction of sp³-hybridized carbons (Fsp3) is 1.00. The quantitative estimate of drug-likeness (QED) is 0.700. The van der Waals surface area contributed by atoms with Gasteiger partial charge in [0.15, 0.2) is 0 Å². The van der Waals surface area contributed by atoms with Crippen molar-refractivity contribution in [3.63, 3.8) is 0 Å². The van der Waals surface area contributed by atoms with Gasteiger partial charge in [0.05, 0.1) is 6.10 Å². The van der Waals surface area contributed by atoms with E-state index < -0.39 is 0 Å². The van der Waals surface area contributed by atoms with Crippen molar-refractivity contribution in [2.75, 3.05) is 19.6 Å². The highest BCUT2D eigenvalue weighted by Crippen LogP contribution is 2.29. The number of rotatable bonds is 2. The predicted molar refractivity (Wildman–Crippen MR) is 59.7 cm³/mol. The van der Waals surface area contributed by atoms with Crippen LogP contribution in [0.4, 0.5) is 0 Å². The molecule has 3 unspecified atom stereocenters. The molecule has 0 radical (unpaired) electrons. The predicted octanol–water partition coefficient (Wildman–Crippen LogP) is 0.584. The summed E-state index contributed by atoms with van der Waals surface area (Å²) >= 11 is 0. The average molecular weight is 210 g/mol. The van der Waals surface area contributed by atoms with Gasteiger partial charge in [-0.2, -0.15) is 0 Å². The molecule has 0 aromatic rings. The molecule has 3 nitrogen and oxygen atoms in total. The summed E-state index contributed by atoms with van der Waals surface area (Å²) in [6.45, 7) is 3.82. The third kappa shape index (κ3) is 1.93. The summed E-state index contributed by atoms with van der Waals surface area (Å²) in [5.74, 6) is 0.878. The van der Waals surface area contributed by atoms with Gasteiger partial charge in [0.1, 0.15) is 0 Å². The van der Waals surface area contributed by atoms with Crippen molar-refractivity contribution in [3.05, 3.63) is 0 Å². The van der Waals surface area contributed by atoms with Crippen molar-refractivity contribution >= 4 is 0 Å². The normalized spacial score (nSPS) is 49.8. The standard InChI is InChI=1S/C12H22N2O/c15-12-3-1-2-10(12)13-11-8-14-6-4-9(11)5-7-14/h9-13,15H,1-8H2. The molecule has 1 saturated carbocycles. The number of nitrogens with one attached hydrogen (secondary N) is 1. The Kier molecular flexibility index (Phi) is 2.71. The largest absolute Gasteiger partial charge is 0.392 e. The summed E-state index contributed by atoms with van der Waals surface area (Å²) in [5, 5.41) is 13.5. The van der Waals surface area contributed by atoms with Crippen molar-refractivity contribution in [2.24, 2.45) is 5.92 Å². The number of hydrogen-bond donors (Lipinski definition) is 2. The Morgan fingerprint density at radius 2 is 1.80 bits per heavy atom. The van der Waals surface area contributed by atoms with E-state index in [1.54, 1.807) is 0 Å². The summed E-state index contributed by atoms with van der Waals surface area (Å²) in [6, 6.07) is 1.04. The lowest BCUT2D eigenvalue weighted by Crippen LogP contribution is -2.59. The van der Waals surface area contributed by atoms with Gasteiger partial charge < -0.3 is 15.3 Å². The molecule has 1 aliphatic carbocycles. The van der Waals surface area contributed by atoms with Crippen LogP contribution in [0.3, 0.4) is 0 Å². The number of aliphatic hydroxyl groups is 1. The lowest BCUT2D eigenvalue weighted by molar-refractivity contribution is 0.0532. The van der Waals surface area contributed by atoms with E-state index in [9.17, 15) is 5.11 Å². The summed E-state index contributed by atoms with van der Waals surface area (Å²) in [6.07, 6.45) is 6.00. The fourth-order valence-electron chi connectivity index (χ4n) is 3.56. The molecule has 2 bridgehead atoms. The third-order valence-electron chi connectivity index (χ3n) is 4.56. The first-order valence-electron chi connectivity index (χ1n) is 6.49. The number of fused-ring (bicyclic) bond motifs is 3. The minimum absolute atomic E-state index is 0.0829. The van der Waals surface area contributed by atoms with E-state index in [1.165, 1.54) is 45.3 Å². The molecule has 0 aromatic heterocycles. The van der Waals surface area contributed by atoms with Crippen LogP contribution >= 0.6 is 0 Å². The SMILES string of the molecule is OC1CCCC1NC1CN2CCC1CC2. The van der Waals surface area contributed by atoms with Crippen molar-refractivity contribution in [1.29, 1.82) is 0 Å². The summed E-state index contributed by atoms with van der Waals surface area (Å²) < 4.78 is 0. The van der Waals surface area contributed by atoms with Crippen LogP contribution < -0.4 is 5.32 Å². The highest BCUT2D eigenvalue weighted by molar-refractivity contribution is 4.94. The second-order valence-corrected chi connectivity index (χ2v) is 5.52. The summed E-state index contributed by atoms with van der Waals surface area (Å²) in [7, 11) is 0. The molecule has 0 aromatic carbocycles. The van der Waals surface area contributed by atoms with Crippen molar-refractivity contribution in [1.82, 2.24) is 10.2 Å². The number of hydrogen-bond acceptors (Lipinski definition) is 3. The van der Waals surface area contributed by atoms with E-state index in [2.05, 4.69) is 10.2 Å². The first-order valence-corrected chi connectivity index (χ1v) is 6.49. The van der Waals surface area contributed by atoms with Crippen molar-refractivity contribution in [3.8, 4) is 0 Å². The van der Waals surface area contributed by atoms with Crippen LogP contribution in [-0.4, -0.2) is 47.8 Å². The van der Waals surface area contributed by atoms with Crippen LogP contribution in [-0.2, 0) is 0 Å². The van der Waals surface area contributed by atoms with E-state index in [0.717, 1.165) is 12.3 Å². The topological polar surface area (TPSA) is 35.5 Å². The Hall–Kier alpha value is -0.120. The van der Waals surface area contributed by atoms with Gasteiger partial charge in [-0.15, -0.1) is 0 Å². The van der Waals surface area contributed by atoms with Crippen LogP contribution in [0.1, 0.15) is 32.1 Å². The van der Waals surface area contributed by atoms with Gasteiger partial charge >= 0.3 is 0 Å². The van der Waals surface area contributed by atoms with Crippen LogP contribution in [0, 0.1) is 5.92 Å². The minimum Gasteiger partial charge on any atom is -0.392 e. The molecule has 4 fully saturated rings. The molecule has 4 rings (SSSR count). The molecule has 3 aliphatic heterocycles. The molecular weight excluding hydrogens is 188 g/mol. The number of nitrogens with zero attached hydrogens (tertiary/aromatic N) is 1. The second-order valence-electron chi connectivity index (χ2n) is 5.52. The van der Waals surface area contributed by atoms with Gasteiger partial charge in [0.25, 0.3) is 0 Å².